The number of carbonyl (C=O) groups is 2. The molecule has 0 unspecified atom stereocenters. The first-order chi connectivity index (χ1) is 11.5. The van der Waals surface area contributed by atoms with Crippen LogP contribution in [-0.4, -0.2) is 25.0 Å². The molecule has 1 aliphatic rings. The smallest absolute Gasteiger partial charge is 0.310 e. The topological polar surface area (TPSA) is 55.4 Å². The summed E-state index contributed by atoms with van der Waals surface area (Å²) >= 11 is 0. The van der Waals surface area contributed by atoms with Crippen LogP contribution in [0.3, 0.4) is 0 Å². The fraction of sp³-hybridized carbons (Fsp3) is 0.500. The summed E-state index contributed by atoms with van der Waals surface area (Å²) in [5, 5.41) is 2.81. The lowest BCUT2D eigenvalue weighted by Crippen LogP contribution is -2.30. The highest BCUT2D eigenvalue weighted by atomic mass is 16.5. The molecule has 0 atom stereocenters. The van der Waals surface area contributed by atoms with Crippen LogP contribution in [-0.2, 0) is 20.7 Å². The average Bonchev–Trinajstić information content (AvgIpc) is 2.57. The molecule has 1 aromatic rings. The SMILES string of the molecule is Cc1ccc(CC(=O)OCC(=O)NCCC2=CCCCC2)cc1C. The summed E-state index contributed by atoms with van der Waals surface area (Å²) in [6, 6.07) is 5.89. The molecule has 0 radical (unpaired) electrons. The minimum absolute atomic E-state index is 0.196. The Labute approximate surface area is 144 Å². The number of benzene rings is 1. The van der Waals surface area contributed by atoms with Gasteiger partial charge in [0.15, 0.2) is 6.61 Å². The zero-order valence-corrected chi connectivity index (χ0v) is 14.7. The number of rotatable bonds is 7. The molecule has 0 aromatic heterocycles. The van der Waals surface area contributed by atoms with E-state index >= 15 is 0 Å². The van der Waals surface area contributed by atoms with Crippen LogP contribution in [0.1, 0.15) is 48.8 Å². The number of hydrogen-bond acceptors (Lipinski definition) is 3. The van der Waals surface area contributed by atoms with Crippen LogP contribution >= 0.6 is 0 Å². The van der Waals surface area contributed by atoms with Gasteiger partial charge in [-0.3, -0.25) is 9.59 Å². The van der Waals surface area contributed by atoms with Crippen LogP contribution in [0.25, 0.3) is 0 Å². The van der Waals surface area contributed by atoms with Crippen molar-refractivity contribution in [2.24, 2.45) is 0 Å². The van der Waals surface area contributed by atoms with Crippen LogP contribution in [0.2, 0.25) is 0 Å². The van der Waals surface area contributed by atoms with Crippen molar-refractivity contribution in [2.45, 2.75) is 52.4 Å². The summed E-state index contributed by atoms with van der Waals surface area (Å²) in [7, 11) is 0. The van der Waals surface area contributed by atoms with E-state index in [2.05, 4.69) is 11.4 Å². The van der Waals surface area contributed by atoms with Gasteiger partial charge in [-0.15, -0.1) is 0 Å². The summed E-state index contributed by atoms with van der Waals surface area (Å²) in [4.78, 5) is 23.6. The van der Waals surface area contributed by atoms with Crippen LogP contribution in [0.15, 0.2) is 29.8 Å². The molecule has 4 nitrogen and oxygen atoms in total. The normalized spacial score (nSPS) is 14.0. The molecule has 0 saturated heterocycles. The van der Waals surface area contributed by atoms with Gasteiger partial charge < -0.3 is 10.1 Å². The standard InChI is InChI=1S/C20H27NO3/c1-15-8-9-18(12-16(15)2)13-20(23)24-14-19(22)21-11-10-17-6-4-3-5-7-17/h6,8-9,12H,3-5,7,10-11,13-14H2,1-2H3,(H,21,22). The van der Waals surface area contributed by atoms with Crippen LogP contribution in [0.4, 0.5) is 0 Å². The van der Waals surface area contributed by atoms with E-state index in [1.165, 1.54) is 24.0 Å². The molecule has 1 aromatic carbocycles. The third kappa shape index (κ3) is 6.19. The summed E-state index contributed by atoms with van der Waals surface area (Å²) in [5.74, 6) is -0.608. The van der Waals surface area contributed by atoms with Crippen molar-refractivity contribution in [1.82, 2.24) is 5.32 Å². The third-order valence-electron chi connectivity index (χ3n) is 4.44. The number of carbonyl (C=O) groups excluding carboxylic acids is 2. The van der Waals surface area contributed by atoms with E-state index < -0.39 is 0 Å². The quantitative estimate of drug-likeness (QED) is 0.616. The molecule has 1 N–H and O–H groups in total. The van der Waals surface area contributed by atoms with E-state index in [4.69, 9.17) is 4.74 Å². The van der Waals surface area contributed by atoms with E-state index in [1.807, 2.05) is 32.0 Å². The van der Waals surface area contributed by atoms with Crippen molar-refractivity contribution in [3.05, 3.63) is 46.5 Å². The van der Waals surface area contributed by atoms with Crippen LogP contribution in [0, 0.1) is 13.8 Å². The van der Waals surface area contributed by atoms with Crippen LogP contribution in [0.5, 0.6) is 0 Å². The maximum atomic E-state index is 11.8. The highest BCUT2D eigenvalue weighted by Crippen LogP contribution is 2.19. The minimum Gasteiger partial charge on any atom is -0.455 e. The second-order valence-corrected chi connectivity index (χ2v) is 6.46. The van der Waals surface area contributed by atoms with E-state index in [0.717, 1.165) is 30.4 Å². The molecule has 1 aliphatic carbocycles. The van der Waals surface area contributed by atoms with Gasteiger partial charge in [-0.05, 0) is 62.6 Å². The molecule has 24 heavy (non-hydrogen) atoms. The maximum Gasteiger partial charge on any atom is 0.310 e. The summed E-state index contributed by atoms with van der Waals surface area (Å²) in [6.45, 7) is 4.45. The van der Waals surface area contributed by atoms with Crippen molar-refractivity contribution in [3.63, 3.8) is 0 Å². The average molecular weight is 329 g/mol. The molecule has 0 bridgehead atoms. The highest BCUT2D eigenvalue weighted by molar-refractivity contribution is 5.81. The number of amides is 1. The monoisotopic (exact) mass is 329 g/mol. The Morgan fingerprint density at radius 2 is 2.00 bits per heavy atom. The lowest BCUT2D eigenvalue weighted by atomic mass is 9.97. The first-order valence-corrected chi connectivity index (χ1v) is 8.71. The van der Waals surface area contributed by atoms with E-state index in [0.29, 0.717) is 6.54 Å². The Morgan fingerprint density at radius 3 is 2.71 bits per heavy atom. The molecule has 1 amide bonds. The van der Waals surface area contributed by atoms with Crippen molar-refractivity contribution in [3.8, 4) is 0 Å². The Morgan fingerprint density at radius 1 is 1.17 bits per heavy atom. The van der Waals surface area contributed by atoms with Crippen molar-refractivity contribution in [1.29, 1.82) is 0 Å². The highest BCUT2D eigenvalue weighted by Gasteiger charge is 2.10. The summed E-state index contributed by atoms with van der Waals surface area (Å²) < 4.78 is 5.05. The number of hydrogen-bond donors (Lipinski definition) is 1. The molecule has 2 rings (SSSR count). The minimum atomic E-state index is -0.372. The van der Waals surface area contributed by atoms with E-state index in [1.54, 1.807) is 0 Å². The predicted octanol–water partition coefficient (Wildman–Crippen LogP) is 3.40. The molecular weight excluding hydrogens is 302 g/mol. The molecule has 0 spiro atoms. The Kier molecular flexibility index (Phi) is 7.04. The largest absolute Gasteiger partial charge is 0.455 e. The second kappa shape index (κ2) is 9.26. The Hall–Kier alpha value is -2.10. The van der Waals surface area contributed by atoms with Gasteiger partial charge in [-0.2, -0.15) is 0 Å². The number of ether oxygens (including phenoxy) is 1. The lowest BCUT2D eigenvalue weighted by molar-refractivity contribution is -0.147. The number of esters is 1. The fourth-order valence-corrected chi connectivity index (χ4v) is 2.82. The number of aryl methyl sites for hydroxylation is 2. The van der Waals surface area contributed by atoms with Crippen molar-refractivity contribution >= 4 is 11.9 Å². The molecule has 130 valence electrons. The molecule has 0 aliphatic heterocycles. The molecule has 0 saturated carbocycles. The Bertz CT molecular complexity index is 619. The number of allylic oxidation sites excluding steroid dienone is 1. The van der Waals surface area contributed by atoms with Crippen LogP contribution < -0.4 is 5.32 Å². The molecule has 0 fully saturated rings. The third-order valence-corrected chi connectivity index (χ3v) is 4.44. The van der Waals surface area contributed by atoms with Gasteiger partial charge in [0.25, 0.3) is 5.91 Å². The van der Waals surface area contributed by atoms with Crippen molar-refractivity contribution in [2.75, 3.05) is 13.2 Å². The van der Waals surface area contributed by atoms with E-state index in [9.17, 15) is 9.59 Å². The Balaban J connectivity index is 1.64. The first kappa shape index (κ1) is 18.2. The lowest BCUT2D eigenvalue weighted by Gasteiger charge is -2.13. The predicted molar refractivity (Wildman–Crippen MR) is 94.8 cm³/mol. The summed E-state index contributed by atoms with van der Waals surface area (Å²) in [5.41, 5.74) is 4.68. The molecule has 4 heteroatoms. The van der Waals surface area contributed by atoms with Gasteiger partial charge in [0.05, 0.1) is 6.42 Å². The van der Waals surface area contributed by atoms with Gasteiger partial charge in [0.1, 0.15) is 0 Å². The first-order valence-electron chi connectivity index (χ1n) is 8.71. The van der Waals surface area contributed by atoms with Gasteiger partial charge in [0, 0.05) is 6.54 Å². The number of nitrogens with one attached hydrogen (secondary N) is 1. The maximum absolute atomic E-state index is 11.8. The van der Waals surface area contributed by atoms with Gasteiger partial charge >= 0.3 is 5.97 Å². The summed E-state index contributed by atoms with van der Waals surface area (Å²) in [6.07, 6.45) is 8.17. The fourth-order valence-electron chi connectivity index (χ4n) is 2.82. The molecule has 0 heterocycles. The zero-order valence-electron chi connectivity index (χ0n) is 14.7. The van der Waals surface area contributed by atoms with Gasteiger partial charge in [-0.25, -0.2) is 0 Å². The zero-order chi connectivity index (χ0) is 17.4. The van der Waals surface area contributed by atoms with E-state index in [-0.39, 0.29) is 24.9 Å². The van der Waals surface area contributed by atoms with Crippen molar-refractivity contribution < 1.29 is 14.3 Å². The second-order valence-electron chi connectivity index (χ2n) is 6.46. The van der Waals surface area contributed by atoms with Gasteiger partial charge in [0.2, 0.25) is 0 Å². The van der Waals surface area contributed by atoms with Gasteiger partial charge in [-0.1, -0.05) is 29.8 Å². The molecular formula is C20H27NO3.